The van der Waals surface area contributed by atoms with Crippen LogP contribution in [0, 0.1) is 11.8 Å². The van der Waals surface area contributed by atoms with Crippen LogP contribution in [0.15, 0.2) is 48.5 Å². The number of methoxy groups -OCH3 is 1. The fourth-order valence-electron chi connectivity index (χ4n) is 5.71. The predicted octanol–water partition coefficient (Wildman–Crippen LogP) is 4.97. The lowest BCUT2D eigenvalue weighted by molar-refractivity contribution is -0.145. The highest BCUT2D eigenvalue weighted by Crippen LogP contribution is 2.50. The number of fused-ring (bicyclic) bond motifs is 2. The van der Waals surface area contributed by atoms with Gasteiger partial charge in [-0.2, -0.15) is 0 Å². The quantitative estimate of drug-likeness (QED) is 0.422. The Morgan fingerprint density at radius 1 is 1.00 bits per heavy atom. The van der Waals surface area contributed by atoms with Crippen molar-refractivity contribution in [3.8, 4) is 11.5 Å². The SMILES string of the molecule is COCCCCC1(CNC(=O)[C@H]2C[C@H](C(=O)O)CN(C(=O)OC(C)(C)C)C2)c2ccccc2Oc2ccccc21. The van der Waals surface area contributed by atoms with Gasteiger partial charge in [0.1, 0.15) is 17.1 Å². The van der Waals surface area contributed by atoms with Crippen molar-refractivity contribution in [3.05, 3.63) is 59.7 Å². The number of hydrogen-bond donors (Lipinski definition) is 2. The van der Waals surface area contributed by atoms with Crippen LogP contribution in [0.5, 0.6) is 11.5 Å². The summed E-state index contributed by atoms with van der Waals surface area (Å²) in [4.78, 5) is 39.8. The zero-order chi connectivity index (χ0) is 28.9. The number of carbonyl (C=O) groups excluding carboxylic acids is 2. The number of ether oxygens (including phenoxy) is 3. The monoisotopic (exact) mass is 552 g/mol. The van der Waals surface area contributed by atoms with Crippen molar-refractivity contribution in [1.29, 1.82) is 0 Å². The van der Waals surface area contributed by atoms with Gasteiger partial charge in [-0.1, -0.05) is 36.4 Å². The number of carboxylic acids is 1. The van der Waals surface area contributed by atoms with Crippen LogP contribution in [0.3, 0.4) is 0 Å². The first-order valence-electron chi connectivity index (χ1n) is 13.9. The van der Waals surface area contributed by atoms with Gasteiger partial charge in [0.15, 0.2) is 0 Å². The van der Waals surface area contributed by atoms with E-state index in [0.29, 0.717) is 13.2 Å². The predicted molar refractivity (Wildman–Crippen MR) is 150 cm³/mol. The second-order valence-corrected chi connectivity index (χ2v) is 11.7. The van der Waals surface area contributed by atoms with E-state index in [4.69, 9.17) is 14.2 Å². The van der Waals surface area contributed by atoms with Gasteiger partial charge in [-0.3, -0.25) is 9.59 Å². The number of aliphatic carboxylic acids is 1. The molecule has 0 radical (unpaired) electrons. The number of piperidine rings is 1. The Balaban J connectivity index is 1.60. The Morgan fingerprint density at radius 3 is 2.17 bits per heavy atom. The molecule has 2 aromatic rings. The Kier molecular flexibility index (Phi) is 9.03. The topological polar surface area (TPSA) is 114 Å². The molecule has 0 saturated carbocycles. The number of carboxylic acid groups (broad SMARTS) is 1. The van der Waals surface area contributed by atoms with Crippen molar-refractivity contribution in [2.75, 3.05) is 33.4 Å². The summed E-state index contributed by atoms with van der Waals surface area (Å²) in [5, 5.41) is 12.9. The highest BCUT2D eigenvalue weighted by atomic mass is 16.6. The maximum atomic E-state index is 13.7. The summed E-state index contributed by atoms with van der Waals surface area (Å²) in [6.45, 7) is 6.31. The zero-order valence-electron chi connectivity index (χ0n) is 23.8. The van der Waals surface area contributed by atoms with Crippen LogP contribution < -0.4 is 10.1 Å². The minimum absolute atomic E-state index is 0.00948. The molecule has 2 aliphatic heterocycles. The standard InChI is InChI=1S/C31H40N2O7/c1-30(2,3)40-29(37)33-18-21(17-22(19-33)28(35)36)27(34)32-20-31(15-9-10-16-38-4)23-11-5-7-13-25(23)39-26-14-8-6-12-24(26)31/h5-8,11-14,21-22H,9-10,15-20H2,1-4H3,(H,32,34)(H,35,36)/t21-,22-/m0/s1. The van der Waals surface area contributed by atoms with E-state index in [-0.39, 0.29) is 25.4 Å². The van der Waals surface area contributed by atoms with E-state index in [1.165, 1.54) is 4.90 Å². The number of carbonyl (C=O) groups is 3. The molecule has 216 valence electrons. The van der Waals surface area contributed by atoms with Gasteiger partial charge in [0.25, 0.3) is 0 Å². The highest BCUT2D eigenvalue weighted by molar-refractivity contribution is 5.82. The molecule has 9 nitrogen and oxygen atoms in total. The largest absolute Gasteiger partial charge is 0.481 e. The lowest BCUT2D eigenvalue weighted by Gasteiger charge is -2.41. The maximum Gasteiger partial charge on any atom is 0.410 e. The van der Waals surface area contributed by atoms with Gasteiger partial charge < -0.3 is 29.5 Å². The lowest BCUT2D eigenvalue weighted by atomic mass is 9.69. The second-order valence-electron chi connectivity index (χ2n) is 11.7. The van der Waals surface area contributed by atoms with E-state index < -0.39 is 34.9 Å². The molecular weight excluding hydrogens is 512 g/mol. The van der Waals surface area contributed by atoms with Gasteiger partial charge in [-0.15, -0.1) is 0 Å². The van der Waals surface area contributed by atoms with E-state index in [1.54, 1.807) is 27.9 Å². The summed E-state index contributed by atoms with van der Waals surface area (Å²) in [5.41, 5.74) is 0.702. The third kappa shape index (κ3) is 6.58. The highest BCUT2D eigenvalue weighted by Gasteiger charge is 2.43. The molecule has 4 rings (SSSR count). The molecule has 2 N–H and O–H groups in total. The maximum absolute atomic E-state index is 13.7. The van der Waals surface area contributed by atoms with Crippen molar-refractivity contribution in [1.82, 2.24) is 10.2 Å². The molecule has 9 heteroatoms. The average Bonchev–Trinajstić information content (AvgIpc) is 2.92. The summed E-state index contributed by atoms with van der Waals surface area (Å²) in [5.74, 6) is -1.35. The summed E-state index contributed by atoms with van der Waals surface area (Å²) in [6, 6.07) is 15.8. The van der Waals surface area contributed by atoms with E-state index in [9.17, 15) is 19.5 Å². The van der Waals surface area contributed by atoms with Gasteiger partial charge in [-0.05, 0) is 58.6 Å². The van der Waals surface area contributed by atoms with Crippen molar-refractivity contribution < 1.29 is 33.7 Å². The van der Waals surface area contributed by atoms with Crippen molar-refractivity contribution in [2.45, 2.75) is 57.5 Å². The number of hydrogen-bond acceptors (Lipinski definition) is 6. The van der Waals surface area contributed by atoms with Gasteiger partial charge in [0.05, 0.1) is 11.8 Å². The summed E-state index contributed by atoms with van der Waals surface area (Å²) in [7, 11) is 1.68. The van der Waals surface area contributed by atoms with Crippen LogP contribution >= 0.6 is 0 Å². The minimum atomic E-state index is -1.03. The van der Waals surface area contributed by atoms with Crippen LogP contribution in [-0.4, -0.2) is 66.9 Å². The lowest BCUT2D eigenvalue weighted by Crippen LogP contribution is -2.53. The fraction of sp³-hybridized carbons (Fsp3) is 0.516. The van der Waals surface area contributed by atoms with Crippen LogP contribution in [0.2, 0.25) is 0 Å². The van der Waals surface area contributed by atoms with Gasteiger partial charge in [0.2, 0.25) is 5.91 Å². The van der Waals surface area contributed by atoms with Gasteiger partial charge in [-0.25, -0.2) is 4.79 Å². The second kappa shape index (κ2) is 12.3. The van der Waals surface area contributed by atoms with Crippen LogP contribution in [-0.2, 0) is 24.5 Å². The van der Waals surface area contributed by atoms with Crippen LogP contribution in [0.25, 0.3) is 0 Å². The molecule has 2 atom stereocenters. The van der Waals surface area contributed by atoms with Crippen LogP contribution in [0.4, 0.5) is 4.79 Å². The minimum Gasteiger partial charge on any atom is -0.481 e. The van der Waals surface area contributed by atoms with Gasteiger partial charge >= 0.3 is 12.1 Å². The third-order valence-electron chi connectivity index (χ3n) is 7.61. The molecule has 0 aromatic heterocycles. The molecule has 1 saturated heterocycles. The zero-order valence-corrected chi connectivity index (χ0v) is 23.8. The van der Waals surface area contributed by atoms with E-state index in [0.717, 1.165) is 41.9 Å². The summed E-state index contributed by atoms with van der Waals surface area (Å²) >= 11 is 0. The molecule has 2 amide bonds. The molecule has 0 spiro atoms. The summed E-state index contributed by atoms with van der Waals surface area (Å²) < 4.78 is 17.0. The molecule has 40 heavy (non-hydrogen) atoms. The molecule has 0 aliphatic carbocycles. The normalized spacial score (nSPS) is 19.6. The fourth-order valence-corrected chi connectivity index (χ4v) is 5.71. The molecule has 2 aromatic carbocycles. The molecular formula is C31H40N2O7. The van der Waals surface area contributed by atoms with Crippen molar-refractivity contribution in [2.24, 2.45) is 11.8 Å². The van der Waals surface area contributed by atoms with Crippen LogP contribution in [0.1, 0.15) is 57.6 Å². The van der Waals surface area contributed by atoms with Gasteiger partial charge in [0, 0.05) is 49.9 Å². The number of rotatable bonds is 9. The Morgan fingerprint density at radius 2 is 1.60 bits per heavy atom. The number of unbranched alkanes of at least 4 members (excludes halogenated alkanes) is 1. The number of benzene rings is 2. The number of nitrogens with zero attached hydrogens (tertiary/aromatic N) is 1. The van der Waals surface area contributed by atoms with E-state index in [2.05, 4.69) is 5.32 Å². The average molecular weight is 553 g/mol. The summed E-state index contributed by atoms with van der Waals surface area (Å²) in [6.07, 6.45) is 2.02. The Bertz CT molecular complexity index is 1180. The number of likely N-dealkylation sites (tertiary alicyclic amines) is 1. The van der Waals surface area contributed by atoms with Crippen molar-refractivity contribution in [3.63, 3.8) is 0 Å². The Labute approximate surface area is 235 Å². The molecule has 0 bridgehead atoms. The van der Waals surface area contributed by atoms with E-state index >= 15 is 0 Å². The Hall–Kier alpha value is -3.59. The molecule has 2 aliphatic rings. The molecule has 1 fully saturated rings. The molecule has 0 unspecified atom stereocenters. The first-order chi connectivity index (χ1) is 19.0. The first kappa shape index (κ1) is 29.4. The number of amides is 2. The van der Waals surface area contributed by atoms with Crippen molar-refractivity contribution >= 4 is 18.0 Å². The first-order valence-corrected chi connectivity index (χ1v) is 13.9. The smallest absolute Gasteiger partial charge is 0.410 e. The number of nitrogens with one attached hydrogen (secondary N) is 1. The third-order valence-corrected chi connectivity index (χ3v) is 7.61. The number of para-hydroxylation sites is 2. The molecule has 2 heterocycles. The van der Waals surface area contributed by atoms with E-state index in [1.807, 2.05) is 48.5 Å².